The van der Waals surface area contributed by atoms with E-state index >= 15 is 0 Å². The quantitative estimate of drug-likeness (QED) is 0.643. The van der Waals surface area contributed by atoms with Gasteiger partial charge in [0.15, 0.2) is 0 Å². The van der Waals surface area contributed by atoms with E-state index in [1.165, 1.54) is 0 Å². The lowest BCUT2D eigenvalue weighted by molar-refractivity contribution is 0.0980. The van der Waals surface area contributed by atoms with Gasteiger partial charge >= 0.3 is 0 Å². The topological polar surface area (TPSA) is 58.1 Å². The molecule has 1 heterocycles. The minimum Gasteiger partial charge on any atom is -0.352 e. The Morgan fingerprint density at radius 2 is 1.68 bits per heavy atom. The van der Waals surface area contributed by atoms with E-state index in [0.29, 0.717) is 18.2 Å². The molecule has 1 unspecified atom stereocenters. The summed E-state index contributed by atoms with van der Waals surface area (Å²) in [6, 6.07) is 21.6. The van der Waals surface area contributed by atoms with Crippen LogP contribution in [0.25, 0.3) is 0 Å². The Balaban J connectivity index is 1.95. The molecule has 1 N–H and O–H groups in total. The molecule has 144 valence electrons. The molecule has 0 radical (unpaired) electrons. The summed E-state index contributed by atoms with van der Waals surface area (Å²) in [4.78, 5) is 24.1. The van der Waals surface area contributed by atoms with Crippen molar-refractivity contribution in [2.45, 2.75) is 39.8 Å². The minimum atomic E-state index is -0.146. The zero-order chi connectivity index (χ0) is 19.9. The lowest BCUT2D eigenvalue weighted by atomic mass is 10.1. The highest BCUT2D eigenvalue weighted by Crippen LogP contribution is 2.20. The summed E-state index contributed by atoms with van der Waals surface area (Å²) in [7, 11) is 0. The van der Waals surface area contributed by atoms with Gasteiger partial charge in [0.25, 0.3) is 5.91 Å². The Morgan fingerprint density at radius 3 is 2.32 bits per heavy atom. The third-order valence-electron chi connectivity index (χ3n) is 4.56. The van der Waals surface area contributed by atoms with Gasteiger partial charge in [-0.3, -0.25) is 4.79 Å². The highest BCUT2D eigenvalue weighted by molar-refractivity contribution is 6.04. The Hall–Kier alpha value is -3.21. The van der Waals surface area contributed by atoms with E-state index in [4.69, 9.17) is 0 Å². The van der Waals surface area contributed by atoms with Crippen molar-refractivity contribution in [1.29, 1.82) is 0 Å². The fourth-order valence-electron chi connectivity index (χ4n) is 2.86. The second-order valence-electron chi connectivity index (χ2n) is 6.88. The number of aromatic nitrogens is 2. The van der Waals surface area contributed by atoms with Crippen molar-refractivity contribution in [1.82, 2.24) is 9.97 Å². The number of nitrogens with zero attached hydrogens (tertiary/aromatic N) is 3. The molecule has 0 aliphatic carbocycles. The molecular weight excluding hydrogens is 348 g/mol. The summed E-state index contributed by atoms with van der Waals surface area (Å²) >= 11 is 0. The maximum atomic E-state index is 13.4. The van der Waals surface area contributed by atoms with Crippen LogP contribution in [0.1, 0.15) is 42.0 Å². The van der Waals surface area contributed by atoms with Crippen molar-refractivity contribution in [3.05, 3.63) is 83.7 Å². The van der Waals surface area contributed by atoms with Gasteiger partial charge < -0.3 is 10.2 Å². The van der Waals surface area contributed by atoms with Crippen LogP contribution >= 0.6 is 0 Å². The van der Waals surface area contributed by atoms with E-state index in [0.717, 1.165) is 23.4 Å². The summed E-state index contributed by atoms with van der Waals surface area (Å²) in [6.07, 6.45) is 0.949. The highest BCUT2D eigenvalue weighted by atomic mass is 16.2. The average Bonchev–Trinajstić information content (AvgIpc) is 2.72. The lowest BCUT2D eigenvalue weighted by Gasteiger charge is -2.23. The SMILES string of the molecule is CCC(C)Nc1nc(C)cc(C(=O)N(Cc2ccccc2)c2ccccc2)n1. The van der Waals surface area contributed by atoms with Crippen LogP contribution in [0.4, 0.5) is 11.6 Å². The Bertz CT molecular complexity index is 912. The maximum absolute atomic E-state index is 13.4. The van der Waals surface area contributed by atoms with Gasteiger partial charge in [-0.25, -0.2) is 9.97 Å². The van der Waals surface area contributed by atoms with Gasteiger partial charge in [-0.1, -0.05) is 55.5 Å². The molecule has 5 nitrogen and oxygen atoms in total. The number of aryl methyl sites for hydroxylation is 1. The fourth-order valence-corrected chi connectivity index (χ4v) is 2.86. The molecule has 0 aliphatic rings. The molecule has 0 fully saturated rings. The normalized spacial score (nSPS) is 11.7. The monoisotopic (exact) mass is 374 g/mol. The number of rotatable bonds is 7. The molecule has 1 aromatic heterocycles. The number of hydrogen-bond donors (Lipinski definition) is 1. The Morgan fingerprint density at radius 1 is 1.04 bits per heavy atom. The van der Waals surface area contributed by atoms with Gasteiger partial charge in [-0.05, 0) is 44.0 Å². The summed E-state index contributed by atoms with van der Waals surface area (Å²) in [5.74, 6) is 0.346. The van der Waals surface area contributed by atoms with Crippen LogP contribution < -0.4 is 10.2 Å². The van der Waals surface area contributed by atoms with E-state index in [-0.39, 0.29) is 11.9 Å². The third-order valence-corrected chi connectivity index (χ3v) is 4.56. The number of carbonyl (C=O) groups is 1. The largest absolute Gasteiger partial charge is 0.352 e. The molecular formula is C23H26N4O. The molecule has 0 saturated carbocycles. The Kier molecular flexibility index (Phi) is 6.37. The van der Waals surface area contributed by atoms with E-state index in [9.17, 15) is 4.79 Å². The zero-order valence-corrected chi connectivity index (χ0v) is 16.6. The molecule has 1 amide bonds. The molecule has 0 aliphatic heterocycles. The number of amides is 1. The van der Waals surface area contributed by atoms with Crippen LogP contribution in [0.15, 0.2) is 66.7 Å². The Labute approximate surface area is 166 Å². The van der Waals surface area contributed by atoms with E-state index in [1.54, 1.807) is 11.0 Å². The van der Waals surface area contributed by atoms with Gasteiger partial charge in [-0.15, -0.1) is 0 Å². The molecule has 5 heteroatoms. The second-order valence-corrected chi connectivity index (χ2v) is 6.88. The molecule has 0 saturated heterocycles. The molecule has 28 heavy (non-hydrogen) atoms. The zero-order valence-electron chi connectivity index (χ0n) is 16.6. The van der Waals surface area contributed by atoms with Gasteiger partial charge in [0.05, 0.1) is 6.54 Å². The number of nitrogens with one attached hydrogen (secondary N) is 1. The van der Waals surface area contributed by atoms with Gasteiger partial charge in [0, 0.05) is 17.4 Å². The number of benzene rings is 2. The molecule has 1 atom stereocenters. The number of hydrogen-bond acceptors (Lipinski definition) is 4. The lowest BCUT2D eigenvalue weighted by Crippen LogP contribution is -2.31. The number of para-hydroxylation sites is 1. The summed E-state index contributed by atoms with van der Waals surface area (Å²) < 4.78 is 0. The smallest absolute Gasteiger partial charge is 0.277 e. The molecule has 3 aromatic rings. The molecule has 0 bridgehead atoms. The third kappa shape index (κ3) is 4.94. The van der Waals surface area contributed by atoms with Crippen LogP contribution in [0.3, 0.4) is 0 Å². The number of carbonyl (C=O) groups excluding carboxylic acids is 1. The summed E-state index contributed by atoms with van der Waals surface area (Å²) in [5.41, 5.74) is 3.04. The van der Waals surface area contributed by atoms with Crippen molar-refractivity contribution >= 4 is 17.5 Å². The first-order valence-electron chi connectivity index (χ1n) is 9.60. The fraction of sp³-hybridized carbons (Fsp3) is 0.261. The average molecular weight is 374 g/mol. The van der Waals surface area contributed by atoms with Gasteiger partial charge in [0.2, 0.25) is 5.95 Å². The van der Waals surface area contributed by atoms with Crippen molar-refractivity contribution in [2.24, 2.45) is 0 Å². The van der Waals surface area contributed by atoms with Crippen LogP contribution in [0.5, 0.6) is 0 Å². The first-order chi connectivity index (χ1) is 13.6. The van der Waals surface area contributed by atoms with Crippen molar-refractivity contribution in [3.8, 4) is 0 Å². The maximum Gasteiger partial charge on any atom is 0.277 e. The molecule has 0 spiro atoms. The molecule has 3 rings (SSSR count). The predicted octanol–water partition coefficient (Wildman–Crippen LogP) is 4.84. The standard InChI is InChI=1S/C23H26N4O/c1-4-17(2)24-23-25-18(3)15-21(26-23)22(28)27(20-13-9-6-10-14-20)16-19-11-7-5-8-12-19/h5-15,17H,4,16H2,1-3H3,(H,24,25,26). The van der Waals surface area contributed by atoms with Crippen LogP contribution in [0, 0.1) is 6.92 Å². The highest BCUT2D eigenvalue weighted by Gasteiger charge is 2.21. The van der Waals surface area contributed by atoms with Crippen LogP contribution in [0.2, 0.25) is 0 Å². The van der Waals surface area contributed by atoms with Gasteiger partial charge in [-0.2, -0.15) is 0 Å². The summed E-state index contributed by atoms with van der Waals surface area (Å²) in [5, 5.41) is 3.26. The second kappa shape index (κ2) is 9.13. The van der Waals surface area contributed by atoms with Crippen LogP contribution in [-0.4, -0.2) is 21.9 Å². The van der Waals surface area contributed by atoms with Crippen molar-refractivity contribution in [3.63, 3.8) is 0 Å². The summed E-state index contributed by atoms with van der Waals surface area (Å²) in [6.45, 7) is 6.51. The van der Waals surface area contributed by atoms with E-state index in [1.807, 2.05) is 67.6 Å². The first-order valence-corrected chi connectivity index (χ1v) is 9.60. The van der Waals surface area contributed by atoms with E-state index < -0.39 is 0 Å². The van der Waals surface area contributed by atoms with Crippen LogP contribution in [-0.2, 0) is 6.54 Å². The van der Waals surface area contributed by atoms with E-state index in [2.05, 4.69) is 29.1 Å². The van der Waals surface area contributed by atoms with Crippen molar-refractivity contribution in [2.75, 3.05) is 10.2 Å². The predicted molar refractivity (Wildman–Crippen MR) is 114 cm³/mol. The number of anilines is 2. The molecule has 2 aromatic carbocycles. The van der Waals surface area contributed by atoms with Gasteiger partial charge in [0.1, 0.15) is 5.69 Å². The van der Waals surface area contributed by atoms with Crippen molar-refractivity contribution < 1.29 is 4.79 Å². The minimum absolute atomic E-state index is 0.146. The first kappa shape index (κ1) is 19.5.